The number of allylic oxidation sites excluding steroid dienone is 2. The number of carbonyl (C=O) groups excluding carboxylic acids is 1. The molecule has 0 aliphatic heterocycles. The summed E-state index contributed by atoms with van der Waals surface area (Å²) < 4.78 is 7.29. The van der Waals surface area contributed by atoms with E-state index < -0.39 is 11.7 Å². The van der Waals surface area contributed by atoms with Crippen LogP contribution in [0.3, 0.4) is 0 Å². The molecule has 0 unspecified atom stereocenters. The molecule has 0 aromatic heterocycles. The summed E-state index contributed by atoms with van der Waals surface area (Å²) in [5.74, 6) is 0. The first kappa shape index (κ1) is 16.2. The standard InChI is InChI=1S/C13H21INO2/c1-6-7-11(8-9-14-5)10-15-12(16)17-13(2,3)4/h6-9H,1,10H2,2-5H3,(H,15,16)/q-1/b9-8-,11-7+. The summed E-state index contributed by atoms with van der Waals surface area (Å²) in [6.07, 6.45) is 5.22. The van der Waals surface area contributed by atoms with Crippen LogP contribution < -0.4 is 26.5 Å². The van der Waals surface area contributed by atoms with E-state index in [0.29, 0.717) is 6.54 Å². The van der Waals surface area contributed by atoms with Gasteiger partial charge in [0, 0.05) is 0 Å². The molecule has 0 spiro atoms. The molecule has 0 aromatic rings. The molecule has 0 heterocycles. The van der Waals surface area contributed by atoms with E-state index in [-0.39, 0.29) is 21.2 Å². The van der Waals surface area contributed by atoms with Crippen molar-refractivity contribution in [2.45, 2.75) is 26.4 Å². The van der Waals surface area contributed by atoms with Crippen LogP contribution in [0.15, 0.2) is 34.5 Å². The van der Waals surface area contributed by atoms with Gasteiger partial charge in [-0.3, -0.25) is 0 Å². The monoisotopic (exact) mass is 350 g/mol. The molecule has 0 radical (unpaired) electrons. The van der Waals surface area contributed by atoms with Crippen molar-refractivity contribution in [3.8, 4) is 0 Å². The zero-order chi connectivity index (χ0) is 13.3. The van der Waals surface area contributed by atoms with E-state index >= 15 is 0 Å². The van der Waals surface area contributed by atoms with Crippen LogP contribution in [-0.2, 0) is 4.74 Å². The summed E-state index contributed by atoms with van der Waals surface area (Å²) in [5, 5.41) is 2.72. The van der Waals surface area contributed by atoms with E-state index in [2.05, 4.69) is 20.9 Å². The fourth-order valence-corrected chi connectivity index (χ4v) is 1.78. The molecule has 1 amide bonds. The van der Waals surface area contributed by atoms with E-state index in [0.717, 1.165) is 5.57 Å². The molecule has 0 rings (SSSR count). The van der Waals surface area contributed by atoms with Crippen molar-refractivity contribution in [1.29, 1.82) is 0 Å². The molecule has 0 aromatic carbocycles. The molecule has 0 aliphatic carbocycles. The summed E-state index contributed by atoms with van der Waals surface area (Å²) in [6.45, 7) is 9.63. The fraction of sp³-hybridized carbons (Fsp3) is 0.462. The predicted molar refractivity (Wildman–Crippen MR) is 67.6 cm³/mol. The van der Waals surface area contributed by atoms with Gasteiger partial charge in [0.15, 0.2) is 0 Å². The van der Waals surface area contributed by atoms with E-state index in [4.69, 9.17) is 4.74 Å². The van der Waals surface area contributed by atoms with Gasteiger partial charge < -0.3 is 0 Å². The number of alkyl halides is 1. The van der Waals surface area contributed by atoms with Crippen molar-refractivity contribution in [2.75, 3.05) is 11.5 Å². The number of hydrogen-bond donors (Lipinski definition) is 1. The van der Waals surface area contributed by atoms with Crippen LogP contribution in [-0.4, -0.2) is 23.2 Å². The van der Waals surface area contributed by atoms with E-state index in [1.165, 1.54) is 0 Å². The number of hydrogen-bond acceptors (Lipinski definition) is 2. The molecule has 0 aliphatic rings. The molecular formula is C13H21INO2-. The maximum absolute atomic E-state index is 11.4. The number of ether oxygens (including phenoxy) is 1. The van der Waals surface area contributed by atoms with Crippen molar-refractivity contribution in [3.63, 3.8) is 0 Å². The third-order valence-corrected chi connectivity index (χ3v) is 2.65. The van der Waals surface area contributed by atoms with Gasteiger partial charge in [-0.2, -0.15) is 0 Å². The first-order chi connectivity index (χ1) is 7.89. The molecule has 0 saturated heterocycles. The molecule has 17 heavy (non-hydrogen) atoms. The zero-order valence-corrected chi connectivity index (χ0v) is 13.1. The Labute approximate surface area is 114 Å². The summed E-state index contributed by atoms with van der Waals surface area (Å²) >= 11 is 0.113. The second-order valence-electron chi connectivity index (χ2n) is 4.34. The number of amides is 1. The summed E-state index contributed by atoms with van der Waals surface area (Å²) in [6, 6.07) is 0. The molecule has 4 heteroatoms. The second-order valence-corrected chi connectivity index (χ2v) is 6.31. The number of carbonyl (C=O) groups is 1. The quantitative estimate of drug-likeness (QED) is 0.426. The zero-order valence-electron chi connectivity index (χ0n) is 10.9. The first-order valence-corrected chi connectivity index (χ1v) is 8.72. The van der Waals surface area contributed by atoms with E-state index in [9.17, 15) is 4.79 Å². The normalized spacial score (nSPS) is 12.8. The van der Waals surface area contributed by atoms with Crippen LogP contribution in [0.4, 0.5) is 4.79 Å². The van der Waals surface area contributed by atoms with Gasteiger partial charge in [-0.1, -0.05) is 0 Å². The molecule has 0 atom stereocenters. The van der Waals surface area contributed by atoms with Crippen molar-refractivity contribution >= 4 is 6.09 Å². The van der Waals surface area contributed by atoms with E-state index in [1.54, 1.807) is 6.08 Å². The van der Waals surface area contributed by atoms with Crippen molar-refractivity contribution in [1.82, 2.24) is 5.32 Å². The van der Waals surface area contributed by atoms with Gasteiger partial charge in [-0.05, 0) is 0 Å². The van der Waals surface area contributed by atoms with Crippen LogP contribution in [0, 0.1) is 0 Å². The first-order valence-electron chi connectivity index (χ1n) is 5.32. The molecule has 98 valence electrons. The molecular weight excluding hydrogens is 329 g/mol. The summed E-state index contributed by atoms with van der Waals surface area (Å²) in [5.41, 5.74) is 0.560. The topological polar surface area (TPSA) is 38.3 Å². The number of halogens is 1. The Hall–Kier alpha value is -0.780. The SMILES string of the molecule is C=C/C=C(\C=C/[I-]C)CNC(=O)OC(C)(C)C. The van der Waals surface area contributed by atoms with Crippen LogP contribution in [0.25, 0.3) is 0 Å². The van der Waals surface area contributed by atoms with Crippen LogP contribution >= 0.6 is 0 Å². The number of alkyl carbamates (subject to hydrolysis) is 1. The third-order valence-electron chi connectivity index (χ3n) is 1.57. The van der Waals surface area contributed by atoms with Gasteiger partial charge in [0.2, 0.25) is 0 Å². The Bertz CT molecular complexity index is 314. The molecule has 3 nitrogen and oxygen atoms in total. The average Bonchev–Trinajstić information content (AvgIpc) is 2.19. The predicted octanol–water partition coefficient (Wildman–Crippen LogP) is -0.144. The van der Waals surface area contributed by atoms with Crippen molar-refractivity contribution in [3.05, 3.63) is 34.5 Å². The van der Waals surface area contributed by atoms with E-state index in [1.807, 2.05) is 32.9 Å². The summed E-state index contributed by atoms with van der Waals surface area (Å²) in [7, 11) is 0. The van der Waals surface area contributed by atoms with Gasteiger partial charge >= 0.3 is 114 Å². The Morgan fingerprint density at radius 3 is 2.59 bits per heavy atom. The van der Waals surface area contributed by atoms with Crippen LogP contribution in [0.5, 0.6) is 0 Å². The maximum atomic E-state index is 11.4. The van der Waals surface area contributed by atoms with Crippen molar-refractivity contribution in [2.24, 2.45) is 0 Å². The molecule has 0 bridgehead atoms. The van der Waals surface area contributed by atoms with Gasteiger partial charge in [-0.25, -0.2) is 0 Å². The number of rotatable bonds is 5. The average molecular weight is 350 g/mol. The number of nitrogens with one attached hydrogen (secondary N) is 1. The van der Waals surface area contributed by atoms with Gasteiger partial charge in [0.1, 0.15) is 0 Å². The second kappa shape index (κ2) is 8.33. The Kier molecular flexibility index (Phi) is 7.95. The third kappa shape index (κ3) is 10.1. The van der Waals surface area contributed by atoms with Gasteiger partial charge in [0.05, 0.1) is 0 Å². The Morgan fingerprint density at radius 2 is 2.12 bits per heavy atom. The summed E-state index contributed by atoms with van der Waals surface area (Å²) in [4.78, 5) is 13.6. The van der Waals surface area contributed by atoms with Gasteiger partial charge in [-0.15, -0.1) is 0 Å². The molecule has 0 saturated carbocycles. The minimum absolute atomic E-state index is 0.113. The van der Waals surface area contributed by atoms with Crippen LogP contribution in [0.1, 0.15) is 20.8 Å². The molecule has 1 N–H and O–H groups in total. The minimum atomic E-state index is -0.461. The van der Waals surface area contributed by atoms with Crippen LogP contribution in [0.2, 0.25) is 0 Å². The Balaban J connectivity index is 4.23. The fourth-order valence-electron chi connectivity index (χ4n) is 0.957. The van der Waals surface area contributed by atoms with Gasteiger partial charge in [0.25, 0.3) is 0 Å². The van der Waals surface area contributed by atoms with Crippen molar-refractivity contribution < 1.29 is 30.7 Å². The molecule has 0 fully saturated rings. The Morgan fingerprint density at radius 1 is 1.47 bits per heavy atom.